The quantitative estimate of drug-likeness (QED) is 0.547. The monoisotopic (exact) mass is 463 g/mol. The van der Waals surface area contributed by atoms with Gasteiger partial charge in [-0.3, -0.25) is 9.69 Å². The first-order chi connectivity index (χ1) is 13.7. The number of esters is 1. The number of rotatable bonds is 8. The number of nitrogens with zero attached hydrogens (tertiary/aromatic N) is 1. The fraction of sp³-hybridized carbons (Fsp3) is 0.435. The van der Waals surface area contributed by atoms with Gasteiger partial charge in [0.1, 0.15) is 6.61 Å². The van der Waals surface area contributed by atoms with Crippen molar-refractivity contribution in [1.29, 1.82) is 0 Å². The Morgan fingerprint density at radius 2 is 1.62 bits per heavy atom. The van der Waals surface area contributed by atoms with E-state index in [9.17, 15) is 4.79 Å². The standard InChI is InChI=1S/C23H29NO4.BrH/c1-3-27-22(25)23(19-9-5-4-6-10-19)13-15-24(16-14-23)17-18-28-21-12-8-7-11-20(21)26-2;/h4-12H,3,13-18H2,1-2H3;1H. The van der Waals surface area contributed by atoms with Crippen LogP contribution in [0.2, 0.25) is 0 Å². The summed E-state index contributed by atoms with van der Waals surface area (Å²) in [5.74, 6) is 1.39. The second kappa shape index (κ2) is 11.2. The summed E-state index contributed by atoms with van der Waals surface area (Å²) < 4.78 is 16.7. The molecule has 1 saturated heterocycles. The number of ether oxygens (including phenoxy) is 3. The van der Waals surface area contributed by atoms with Gasteiger partial charge in [0.25, 0.3) is 0 Å². The molecule has 0 amide bonds. The number of methoxy groups -OCH3 is 1. The highest BCUT2D eigenvalue weighted by Gasteiger charge is 2.44. The van der Waals surface area contributed by atoms with E-state index in [0.717, 1.165) is 49.5 Å². The minimum absolute atomic E-state index is 0. The van der Waals surface area contributed by atoms with E-state index in [-0.39, 0.29) is 23.0 Å². The molecular formula is C23H30BrNO4. The summed E-state index contributed by atoms with van der Waals surface area (Å²) in [5, 5.41) is 0. The van der Waals surface area contributed by atoms with Crippen molar-refractivity contribution in [3.8, 4) is 11.5 Å². The van der Waals surface area contributed by atoms with Crippen molar-refractivity contribution in [1.82, 2.24) is 4.90 Å². The zero-order valence-electron chi connectivity index (χ0n) is 17.1. The maximum atomic E-state index is 12.8. The molecule has 0 aromatic heterocycles. The van der Waals surface area contributed by atoms with Crippen LogP contribution in [0.15, 0.2) is 54.6 Å². The van der Waals surface area contributed by atoms with Crippen LogP contribution < -0.4 is 9.47 Å². The molecule has 1 fully saturated rings. The Morgan fingerprint density at radius 1 is 1.00 bits per heavy atom. The third-order valence-corrected chi connectivity index (χ3v) is 5.44. The van der Waals surface area contributed by atoms with Crippen LogP contribution in [0, 0.1) is 0 Å². The predicted octanol–water partition coefficient (Wildman–Crippen LogP) is 4.25. The Hall–Kier alpha value is -2.05. The van der Waals surface area contributed by atoms with E-state index in [2.05, 4.69) is 4.90 Å². The number of likely N-dealkylation sites (tertiary alicyclic amines) is 1. The van der Waals surface area contributed by atoms with Crippen LogP contribution >= 0.6 is 17.0 Å². The van der Waals surface area contributed by atoms with Gasteiger partial charge >= 0.3 is 5.97 Å². The lowest BCUT2D eigenvalue weighted by Gasteiger charge is -2.40. The summed E-state index contributed by atoms with van der Waals surface area (Å²) >= 11 is 0. The molecule has 3 rings (SSSR count). The SMILES string of the molecule is Br.CCOC(=O)C1(c2ccccc2)CCN(CCOc2ccccc2OC)CC1. The van der Waals surface area contributed by atoms with Crippen molar-refractivity contribution in [2.24, 2.45) is 0 Å². The van der Waals surface area contributed by atoms with Gasteiger partial charge in [-0.15, -0.1) is 17.0 Å². The third-order valence-electron chi connectivity index (χ3n) is 5.44. The van der Waals surface area contributed by atoms with Crippen molar-refractivity contribution < 1.29 is 19.0 Å². The average molecular weight is 464 g/mol. The topological polar surface area (TPSA) is 48.0 Å². The van der Waals surface area contributed by atoms with Crippen LogP contribution in [0.3, 0.4) is 0 Å². The Labute approximate surface area is 183 Å². The summed E-state index contributed by atoms with van der Waals surface area (Å²) in [7, 11) is 1.64. The lowest BCUT2D eigenvalue weighted by molar-refractivity contribution is -0.152. The molecule has 6 heteroatoms. The van der Waals surface area contributed by atoms with E-state index in [1.54, 1.807) is 7.11 Å². The van der Waals surface area contributed by atoms with E-state index in [4.69, 9.17) is 14.2 Å². The Kier molecular flexibility index (Phi) is 8.99. The first-order valence-corrected chi connectivity index (χ1v) is 9.90. The molecular weight excluding hydrogens is 434 g/mol. The van der Waals surface area contributed by atoms with Crippen LogP contribution in [0.25, 0.3) is 0 Å². The molecule has 29 heavy (non-hydrogen) atoms. The molecule has 0 spiro atoms. The van der Waals surface area contributed by atoms with Gasteiger partial charge in [0.2, 0.25) is 0 Å². The fourth-order valence-corrected chi connectivity index (χ4v) is 3.82. The first-order valence-electron chi connectivity index (χ1n) is 9.90. The van der Waals surface area contributed by atoms with E-state index in [0.29, 0.717) is 13.2 Å². The molecule has 0 bridgehead atoms. The van der Waals surface area contributed by atoms with Gasteiger partial charge in [-0.25, -0.2) is 0 Å². The van der Waals surface area contributed by atoms with Crippen LogP contribution in [-0.2, 0) is 14.9 Å². The summed E-state index contributed by atoms with van der Waals surface area (Å²) in [6.07, 6.45) is 1.51. The van der Waals surface area contributed by atoms with Gasteiger partial charge in [-0.1, -0.05) is 42.5 Å². The molecule has 1 aliphatic rings. The molecule has 2 aromatic rings. The molecule has 0 saturated carbocycles. The second-order valence-corrected chi connectivity index (χ2v) is 7.01. The summed E-state index contributed by atoms with van der Waals surface area (Å²) in [6.45, 7) is 5.33. The van der Waals surface area contributed by atoms with Crippen LogP contribution in [-0.4, -0.2) is 50.8 Å². The van der Waals surface area contributed by atoms with E-state index < -0.39 is 5.41 Å². The van der Waals surface area contributed by atoms with E-state index in [1.165, 1.54) is 0 Å². The highest BCUT2D eigenvalue weighted by Crippen LogP contribution is 2.37. The van der Waals surface area contributed by atoms with Crippen molar-refractivity contribution in [3.63, 3.8) is 0 Å². The molecule has 1 aliphatic heterocycles. The molecule has 0 aliphatic carbocycles. The van der Waals surface area contributed by atoms with Gasteiger partial charge in [0.15, 0.2) is 11.5 Å². The zero-order chi connectivity index (χ0) is 19.8. The maximum Gasteiger partial charge on any atom is 0.316 e. The van der Waals surface area contributed by atoms with Crippen LogP contribution in [0.5, 0.6) is 11.5 Å². The Bertz CT molecular complexity index is 760. The van der Waals surface area contributed by atoms with Crippen molar-refractivity contribution >= 4 is 23.0 Å². The van der Waals surface area contributed by atoms with Gasteiger partial charge in [-0.2, -0.15) is 0 Å². The lowest BCUT2D eigenvalue weighted by atomic mass is 9.72. The third kappa shape index (κ3) is 5.52. The number of piperidine rings is 1. The molecule has 0 unspecified atom stereocenters. The van der Waals surface area contributed by atoms with Gasteiger partial charge in [-0.05, 0) is 50.6 Å². The number of carbonyl (C=O) groups excluding carboxylic acids is 1. The molecule has 0 atom stereocenters. The minimum Gasteiger partial charge on any atom is -0.493 e. The number of hydrogen-bond donors (Lipinski definition) is 0. The molecule has 5 nitrogen and oxygen atoms in total. The molecule has 0 radical (unpaired) electrons. The minimum atomic E-state index is -0.544. The summed E-state index contributed by atoms with van der Waals surface area (Å²) in [4.78, 5) is 15.2. The Morgan fingerprint density at radius 3 is 2.24 bits per heavy atom. The maximum absolute atomic E-state index is 12.8. The largest absolute Gasteiger partial charge is 0.493 e. The normalized spacial score (nSPS) is 15.8. The number of carbonyl (C=O) groups is 1. The second-order valence-electron chi connectivity index (χ2n) is 7.01. The summed E-state index contributed by atoms with van der Waals surface area (Å²) in [6, 6.07) is 17.7. The predicted molar refractivity (Wildman–Crippen MR) is 119 cm³/mol. The van der Waals surface area contributed by atoms with Crippen molar-refractivity contribution in [2.75, 3.05) is 40.0 Å². The highest BCUT2D eigenvalue weighted by atomic mass is 79.9. The molecule has 158 valence electrons. The van der Waals surface area contributed by atoms with Gasteiger partial charge in [0.05, 0.1) is 19.1 Å². The van der Waals surface area contributed by atoms with Gasteiger partial charge in [0, 0.05) is 6.54 Å². The van der Waals surface area contributed by atoms with Gasteiger partial charge < -0.3 is 14.2 Å². The first kappa shape index (κ1) is 23.2. The molecule has 0 N–H and O–H groups in total. The smallest absolute Gasteiger partial charge is 0.316 e. The molecule has 2 aromatic carbocycles. The molecule has 1 heterocycles. The van der Waals surface area contributed by atoms with E-state index >= 15 is 0 Å². The fourth-order valence-electron chi connectivity index (χ4n) is 3.82. The van der Waals surface area contributed by atoms with Crippen molar-refractivity contribution in [3.05, 3.63) is 60.2 Å². The van der Waals surface area contributed by atoms with E-state index in [1.807, 2.05) is 61.5 Å². The summed E-state index contributed by atoms with van der Waals surface area (Å²) in [5.41, 5.74) is 0.510. The lowest BCUT2D eigenvalue weighted by Crippen LogP contribution is -2.48. The van der Waals surface area contributed by atoms with Crippen LogP contribution in [0.1, 0.15) is 25.3 Å². The van der Waals surface area contributed by atoms with Crippen molar-refractivity contribution in [2.45, 2.75) is 25.2 Å². The average Bonchev–Trinajstić information content (AvgIpc) is 2.75. The number of halogens is 1. The Balaban J connectivity index is 0.00000300. The number of benzene rings is 2. The van der Waals surface area contributed by atoms with Crippen LogP contribution in [0.4, 0.5) is 0 Å². The highest BCUT2D eigenvalue weighted by molar-refractivity contribution is 8.93. The number of hydrogen-bond acceptors (Lipinski definition) is 5. The number of para-hydroxylation sites is 2. The zero-order valence-corrected chi connectivity index (χ0v) is 18.8.